The molecule has 3 aromatic rings. The highest BCUT2D eigenvalue weighted by Gasteiger charge is 2.15. The lowest BCUT2D eigenvalue weighted by Gasteiger charge is -2.16. The molecule has 156 valence electrons. The molecule has 1 heterocycles. The van der Waals surface area contributed by atoms with Crippen LogP contribution in [-0.2, 0) is 12.8 Å². The molecule has 0 saturated heterocycles. The highest BCUT2D eigenvalue weighted by Crippen LogP contribution is 2.24. The van der Waals surface area contributed by atoms with Crippen molar-refractivity contribution in [2.75, 3.05) is 11.9 Å². The first-order valence-corrected chi connectivity index (χ1v) is 9.79. The Morgan fingerprint density at radius 1 is 1.20 bits per heavy atom. The van der Waals surface area contributed by atoms with E-state index >= 15 is 0 Å². The zero-order valence-corrected chi connectivity index (χ0v) is 17.1. The highest BCUT2D eigenvalue weighted by atomic mass is 35.5. The number of aromatic nitrogens is 2. The van der Waals surface area contributed by atoms with E-state index in [4.69, 9.17) is 16.3 Å². The maximum Gasteiger partial charge on any atom is 0.339 e. The van der Waals surface area contributed by atoms with E-state index in [0.717, 1.165) is 5.56 Å². The van der Waals surface area contributed by atoms with Gasteiger partial charge in [0, 0.05) is 6.20 Å². The van der Waals surface area contributed by atoms with Crippen molar-refractivity contribution in [1.29, 1.82) is 0 Å². The molecule has 8 heteroatoms. The number of benzene rings is 2. The van der Waals surface area contributed by atoms with Crippen LogP contribution >= 0.6 is 11.6 Å². The van der Waals surface area contributed by atoms with Crippen LogP contribution in [0.1, 0.15) is 28.5 Å². The minimum absolute atomic E-state index is 0.0445. The third-order valence-electron chi connectivity index (χ3n) is 4.37. The van der Waals surface area contributed by atoms with Gasteiger partial charge in [0.15, 0.2) is 0 Å². The number of hydrogen-bond donors (Lipinski definition) is 2. The van der Waals surface area contributed by atoms with Gasteiger partial charge in [-0.25, -0.2) is 19.2 Å². The Bertz CT molecular complexity index is 1010. The Kier molecular flexibility index (Phi) is 7.19. The largest absolute Gasteiger partial charge is 0.487 e. The van der Waals surface area contributed by atoms with Crippen molar-refractivity contribution in [2.24, 2.45) is 0 Å². The average Bonchev–Trinajstić information content (AvgIpc) is 2.73. The number of rotatable bonds is 9. The fraction of sp³-hybridized carbons (Fsp3) is 0.227. The van der Waals surface area contributed by atoms with Gasteiger partial charge in [0.05, 0.1) is 22.8 Å². The van der Waals surface area contributed by atoms with Crippen LogP contribution in [-0.4, -0.2) is 33.7 Å². The van der Waals surface area contributed by atoms with Gasteiger partial charge in [0.25, 0.3) is 0 Å². The van der Waals surface area contributed by atoms with Gasteiger partial charge in [-0.1, -0.05) is 35.9 Å². The minimum atomic E-state index is -1.09. The SMILES string of the molecule is C[C@H](CNc1ncc(C(=O)O)c(CCc2ccc(F)cc2)n1)Oc1ccccc1Cl. The maximum absolute atomic E-state index is 13.1. The summed E-state index contributed by atoms with van der Waals surface area (Å²) in [4.78, 5) is 20.0. The summed E-state index contributed by atoms with van der Waals surface area (Å²) >= 11 is 6.10. The third kappa shape index (κ3) is 5.90. The first-order chi connectivity index (χ1) is 14.4. The van der Waals surface area contributed by atoms with Crippen molar-refractivity contribution in [1.82, 2.24) is 9.97 Å². The van der Waals surface area contributed by atoms with E-state index in [1.54, 1.807) is 24.3 Å². The monoisotopic (exact) mass is 429 g/mol. The van der Waals surface area contributed by atoms with Gasteiger partial charge in [0.2, 0.25) is 5.95 Å². The lowest BCUT2D eigenvalue weighted by molar-refractivity contribution is 0.0694. The zero-order chi connectivity index (χ0) is 21.5. The van der Waals surface area contributed by atoms with Crippen molar-refractivity contribution >= 4 is 23.5 Å². The summed E-state index contributed by atoms with van der Waals surface area (Å²) in [6.07, 6.45) is 1.98. The number of anilines is 1. The fourth-order valence-electron chi connectivity index (χ4n) is 2.82. The van der Waals surface area contributed by atoms with E-state index in [1.165, 1.54) is 18.3 Å². The summed E-state index contributed by atoms with van der Waals surface area (Å²) < 4.78 is 18.9. The highest BCUT2D eigenvalue weighted by molar-refractivity contribution is 6.32. The van der Waals surface area contributed by atoms with Gasteiger partial charge in [-0.3, -0.25) is 0 Å². The summed E-state index contributed by atoms with van der Waals surface area (Å²) in [5.41, 5.74) is 1.34. The molecule has 0 aliphatic carbocycles. The fourth-order valence-corrected chi connectivity index (χ4v) is 3.00. The number of nitrogens with zero attached hydrogens (tertiary/aromatic N) is 2. The normalized spacial score (nSPS) is 11.7. The molecule has 0 radical (unpaired) electrons. The number of ether oxygens (including phenoxy) is 1. The van der Waals surface area contributed by atoms with E-state index in [1.807, 2.05) is 19.1 Å². The molecule has 0 bridgehead atoms. The average molecular weight is 430 g/mol. The molecule has 1 aromatic heterocycles. The number of aryl methyl sites for hydroxylation is 2. The van der Waals surface area contributed by atoms with Gasteiger partial charge < -0.3 is 15.2 Å². The van der Waals surface area contributed by atoms with E-state index in [2.05, 4.69) is 15.3 Å². The van der Waals surface area contributed by atoms with Crippen molar-refractivity contribution in [3.8, 4) is 5.75 Å². The van der Waals surface area contributed by atoms with E-state index < -0.39 is 5.97 Å². The molecule has 0 amide bonds. The lowest BCUT2D eigenvalue weighted by atomic mass is 10.1. The number of halogens is 2. The number of carboxylic acids is 1. The molecule has 2 N–H and O–H groups in total. The van der Waals surface area contributed by atoms with Crippen LogP contribution in [0.15, 0.2) is 54.7 Å². The Hall–Kier alpha value is -3.19. The molecule has 0 fully saturated rings. The van der Waals surface area contributed by atoms with Crippen LogP contribution in [0.5, 0.6) is 5.75 Å². The second kappa shape index (κ2) is 10.0. The molecule has 0 saturated carbocycles. The van der Waals surface area contributed by atoms with Gasteiger partial charge in [-0.05, 0) is 49.6 Å². The quantitative estimate of drug-likeness (QED) is 0.515. The zero-order valence-electron chi connectivity index (χ0n) is 16.3. The van der Waals surface area contributed by atoms with Crippen molar-refractivity contribution in [3.05, 3.63) is 82.4 Å². The van der Waals surface area contributed by atoms with Crippen molar-refractivity contribution in [2.45, 2.75) is 25.9 Å². The standard InChI is InChI=1S/C22H21ClFN3O3/c1-14(30-20-5-3-2-4-18(20)23)12-25-22-26-13-17(21(28)29)19(27-22)11-8-15-6-9-16(24)10-7-15/h2-7,9-10,13-14H,8,11-12H2,1H3,(H,28,29)(H,25,26,27)/t14-/m1/s1. The topological polar surface area (TPSA) is 84.3 Å². The first kappa shape index (κ1) is 21.5. The van der Waals surface area contributed by atoms with E-state index in [0.29, 0.717) is 41.8 Å². The van der Waals surface area contributed by atoms with Gasteiger partial charge in [-0.15, -0.1) is 0 Å². The number of nitrogens with one attached hydrogen (secondary N) is 1. The predicted octanol–water partition coefficient (Wildman–Crippen LogP) is 4.63. The molecule has 3 rings (SSSR count). The molecule has 1 atom stereocenters. The Balaban J connectivity index is 1.65. The Labute approximate surface area is 178 Å². The second-order valence-corrected chi connectivity index (χ2v) is 7.13. The van der Waals surface area contributed by atoms with Crippen LogP contribution in [0.2, 0.25) is 5.02 Å². The number of carboxylic acid groups (broad SMARTS) is 1. The Morgan fingerprint density at radius 2 is 1.93 bits per heavy atom. The minimum Gasteiger partial charge on any atom is -0.487 e. The molecule has 6 nitrogen and oxygen atoms in total. The van der Waals surface area contributed by atoms with E-state index in [-0.39, 0.29) is 17.5 Å². The van der Waals surface area contributed by atoms with Gasteiger partial charge >= 0.3 is 5.97 Å². The van der Waals surface area contributed by atoms with Crippen LogP contribution in [0.25, 0.3) is 0 Å². The lowest BCUT2D eigenvalue weighted by Crippen LogP contribution is -2.24. The van der Waals surface area contributed by atoms with Crippen LogP contribution in [0.3, 0.4) is 0 Å². The number of hydrogen-bond acceptors (Lipinski definition) is 5. The number of carbonyl (C=O) groups is 1. The third-order valence-corrected chi connectivity index (χ3v) is 4.69. The summed E-state index contributed by atoms with van der Waals surface area (Å²) in [5, 5.41) is 13.0. The number of para-hydroxylation sites is 1. The predicted molar refractivity (Wildman–Crippen MR) is 113 cm³/mol. The molecule has 0 aliphatic rings. The Morgan fingerprint density at radius 3 is 2.63 bits per heavy atom. The van der Waals surface area contributed by atoms with Crippen LogP contribution < -0.4 is 10.1 Å². The summed E-state index contributed by atoms with van der Waals surface area (Å²) in [6.45, 7) is 2.27. The van der Waals surface area contributed by atoms with Crippen LogP contribution in [0, 0.1) is 5.82 Å². The molecule has 0 aliphatic heterocycles. The van der Waals surface area contributed by atoms with Crippen molar-refractivity contribution in [3.63, 3.8) is 0 Å². The molecule has 0 spiro atoms. The van der Waals surface area contributed by atoms with Crippen molar-refractivity contribution < 1.29 is 19.0 Å². The smallest absolute Gasteiger partial charge is 0.339 e. The molecular formula is C22H21ClFN3O3. The molecule has 0 unspecified atom stereocenters. The summed E-state index contributed by atoms with van der Waals surface area (Å²) in [6, 6.07) is 13.3. The van der Waals surface area contributed by atoms with Gasteiger partial charge in [-0.2, -0.15) is 0 Å². The second-order valence-electron chi connectivity index (χ2n) is 6.73. The first-order valence-electron chi connectivity index (χ1n) is 9.41. The van der Waals surface area contributed by atoms with Gasteiger partial charge in [0.1, 0.15) is 17.7 Å². The molecule has 2 aromatic carbocycles. The number of aromatic carboxylic acids is 1. The molecule has 30 heavy (non-hydrogen) atoms. The van der Waals surface area contributed by atoms with E-state index in [9.17, 15) is 14.3 Å². The molecular weight excluding hydrogens is 409 g/mol. The van der Waals surface area contributed by atoms with Crippen LogP contribution in [0.4, 0.5) is 10.3 Å². The maximum atomic E-state index is 13.1. The summed E-state index contributed by atoms with van der Waals surface area (Å²) in [7, 11) is 0. The summed E-state index contributed by atoms with van der Waals surface area (Å²) in [5.74, 6) is -0.517.